The van der Waals surface area contributed by atoms with Gasteiger partial charge in [-0.25, -0.2) is 9.78 Å². The van der Waals surface area contributed by atoms with E-state index < -0.39 is 11.5 Å². The number of rotatable bonds is 6. The van der Waals surface area contributed by atoms with Crippen LogP contribution < -0.4 is 9.64 Å². The summed E-state index contributed by atoms with van der Waals surface area (Å²) < 4.78 is 5.57. The summed E-state index contributed by atoms with van der Waals surface area (Å²) in [5.41, 5.74) is -0.107. The Bertz CT molecular complexity index is 521. The SMILES string of the molecule is CCCOc1cc(C)nc(N2CCCC2(CC)C(=O)O)n1. The van der Waals surface area contributed by atoms with Crippen LogP contribution in [0.3, 0.4) is 0 Å². The molecule has 1 aliphatic rings. The molecule has 6 nitrogen and oxygen atoms in total. The number of aliphatic carboxylic acids is 1. The standard InChI is InChI=1S/C15H23N3O3/c1-4-9-21-12-10-11(3)16-14(17-12)18-8-6-7-15(18,5-2)13(19)20/h10H,4-9H2,1-3H3,(H,19,20). The van der Waals surface area contributed by atoms with Crippen LogP contribution in [0.15, 0.2) is 6.07 Å². The van der Waals surface area contributed by atoms with Crippen LogP contribution >= 0.6 is 0 Å². The molecule has 0 saturated carbocycles. The van der Waals surface area contributed by atoms with Crippen molar-refractivity contribution in [2.24, 2.45) is 0 Å². The van der Waals surface area contributed by atoms with Gasteiger partial charge >= 0.3 is 5.97 Å². The van der Waals surface area contributed by atoms with Gasteiger partial charge in [-0.15, -0.1) is 0 Å². The zero-order chi connectivity index (χ0) is 15.5. The number of hydrogen-bond acceptors (Lipinski definition) is 5. The lowest BCUT2D eigenvalue weighted by atomic mass is 9.93. The van der Waals surface area contributed by atoms with Gasteiger partial charge in [-0.2, -0.15) is 4.98 Å². The predicted octanol–water partition coefficient (Wildman–Crippen LogP) is 2.41. The summed E-state index contributed by atoms with van der Waals surface area (Å²) in [7, 11) is 0. The molecule has 0 spiro atoms. The van der Waals surface area contributed by atoms with Gasteiger partial charge in [0.25, 0.3) is 0 Å². The van der Waals surface area contributed by atoms with Crippen LogP contribution in [0, 0.1) is 6.92 Å². The first-order chi connectivity index (χ1) is 10.0. The first-order valence-electron chi connectivity index (χ1n) is 7.53. The van der Waals surface area contributed by atoms with Crippen LogP contribution in [0.1, 0.15) is 45.2 Å². The molecule has 1 fully saturated rings. The Morgan fingerprint density at radius 3 is 2.86 bits per heavy atom. The molecular weight excluding hydrogens is 270 g/mol. The third kappa shape index (κ3) is 2.94. The van der Waals surface area contributed by atoms with Crippen LogP contribution in [-0.2, 0) is 4.79 Å². The first kappa shape index (κ1) is 15.5. The monoisotopic (exact) mass is 293 g/mol. The molecule has 116 valence electrons. The molecular formula is C15H23N3O3. The summed E-state index contributed by atoms with van der Waals surface area (Å²) in [5.74, 6) is 0.174. The Morgan fingerprint density at radius 2 is 2.24 bits per heavy atom. The Kier molecular flexibility index (Phi) is 4.65. The highest BCUT2D eigenvalue weighted by Gasteiger charge is 2.47. The molecule has 2 heterocycles. The molecule has 2 rings (SSSR count). The molecule has 6 heteroatoms. The van der Waals surface area contributed by atoms with Gasteiger partial charge in [0.05, 0.1) is 6.61 Å². The topological polar surface area (TPSA) is 75.5 Å². The summed E-state index contributed by atoms with van der Waals surface area (Å²) >= 11 is 0. The normalized spacial score (nSPS) is 21.6. The van der Waals surface area contributed by atoms with E-state index in [-0.39, 0.29) is 0 Å². The largest absolute Gasteiger partial charge is 0.479 e. The molecule has 21 heavy (non-hydrogen) atoms. The molecule has 0 aliphatic carbocycles. The summed E-state index contributed by atoms with van der Waals surface area (Å²) in [6, 6.07) is 1.78. The number of carbonyl (C=O) groups is 1. The first-order valence-corrected chi connectivity index (χ1v) is 7.53. The van der Waals surface area contributed by atoms with Crippen LogP contribution in [0.5, 0.6) is 5.88 Å². The average Bonchev–Trinajstić information content (AvgIpc) is 2.89. The van der Waals surface area contributed by atoms with Gasteiger partial charge in [0.1, 0.15) is 5.54 Å². The van der Waals surface area contributed by atoms with Crippen LogP contribution in [0.4, 0.5) is 5.95 Å². The highest BCUT2D eigenvalue weighted by Crippen LogP contribution is 2.36. The summed E-state index contributed by atoms with van der Waals surface area (Å²) in [6.45, 7) is 7.05. The number of carboxylic acid groups (broad SMARTS) is 1. The van der Waals surface area contributed by atoms with Gasteiger partial charge in [-0.1, -0.05) is 13.8 Å². The quantitative estimate of drug-likeness (QED) is 0.868. The fraction of sp³-hybridized carbons (Fsp3) is 0.667. The number of anilines is 1. The number of ether oxygens (including phenoxy) is 1. The Morgan fingerprint density at radius 1 is 1.48 bits per heavy atom. The van der Waals surface area contributed by atoms with Gasteiger partial charge in [0.2, 0.25) is 11.8 Å². The van der Waals surface area contributed by atoms with Crippen molar-refractivity contribution < 1.29 is 14.6 Å². The maximum absolute atomic E-state index is 11.8. The Hall–Kier alpha value is -1.85. The molecule has 1 aliphatic heterocycles. The predicted molar refractivity (Wildman–Crippen MR) is 79.8 cm³/mol. The lowest BCUT2D eigenvalue weighted by Gasteiger charge is -2.34. The van der Waals surface area contributed by atoms with Crippen molar-refractivity contribution in [1.82, 2.24) is 9.97 Å². The molecule has 1 saturated heterocycles. The van der Waals surface area contributed by atoms with Gasteiger partial charge in [0, 0.05) is 18.3 Å². The smallest absolute Gasteiger partial charge is 0.329 e. The minimum absolute atomic E-state index is 0.461. The highest BCUT2D eigenvalue weighted by atomic mass is 16.5. The van der Waals surface area contributed by atoms with E-state index in [4.69, 9.17) is 4.74 Å². The molecule has 0 aromatic carbocycles. The van der Waals surface area contributed by atoms with Crippen molar-refractivity contribution >= 4 is 11.9 Å². The lowest BCUT2D eigenvalue weighted by molar-refractivity contribution is -0.143. The third-order valence-electron chi connectivity index (χ3n) is 3.99. The van der Waals surface area contributed by atoms with Crippen molar-refractivity contribution in [3.63, 3.8) is 0 Å². The van der Waals surface area contributed by atoms with Crippen LogP contribution in [0.25, 0.3) is 0 Å². The summed E-state index contributed by atoms with van der Waals surface area (Å²) in [5, 5.41) is 9.65. The molecule has 1 unspecified atom stereocenters. The molecule has 0 bridgehead atoms. The second kappa shape index (κ2) is 6.28. The lowest BCUT2D eigenvalue weighted by Crippen LogP contribution is -2.51. The van der Waals surface area contributed by atoms with Crippen molar-refractivity contribution in [2.75, 3.05) is 18.1 Å². The van der Waals surface area contributed by atoms with E-state index in [9.17, 15) is 9.90 Å². The van der Waals surface area contributed by atoms with E-state index in [1.165, 1.54) is 0 Å². The highest BCUT2D eigenvalue weighted by molar-refractivity contribution is 5.83. The maximum atomic E-state index is 11.8. The number of nitrogens with zero attached hydrogens (tertiary/aromatic N) is 3. The minimum Gasteiger partial charge on any atom is -0.479 e. The second-order valence-corrected chi connectivity index (χ2v) is 5.44. The van der Waals surface area contributed by atoms with Crippen LogP contribution in [-0.4, -0.2) is 39.7 Å². The van der Waals surface area contributed by atoms with Crippen LogP contribution in [0.2, 0.25) is 0 Å². The van der Waals surface area contributed by atoms with Crippen molar-refractivity contribution in [2.45, 2.75) is 52.0 Å². The minimum atomic E-state index is -0.893. The Labute approximate surface area is 125 Å². The fourth-order valence-electron chi connectivity index (χ4n) is 2.84. The van der Waals surface area contributed by atoms with Crippen molar-refractivity contribution in [3.05, 3.63) is 11.8 Å². The number of hydrogen-bond donors (Lipinski definition) is 1. The van der Waals surface area contributed by atoms with E-state index in [0.717, 1.165) is 18.5 Å². The molecule has 1 aromatic rings. The second-order valence-electron chi connectivity index (χ2n) is 5.44. The molecule has 1 N–H and O–H groups in total. The van der Waals surface area contributed by atoms with E-state index in [2.05, 4.69) is 9.97 Å². The van der Waals surface area contributed by atoms with Gasteiger partial charge in [0.15, 0.2) is 0 Å². The van der Waals surface area contributed by atoms with E-state index >= 15 is 0 Å². The third-order valence-corrected chi connectivity index (χ3v) is 3.99. The van der Waals surface area contributed by atoms with E-state index in [1.54, 1.807) is 6.07 Å². The maximum Gasteiger partial charge on any atom is 0.329 e. The van der Waals surface area contributed by atoms with Gasteiger partial charge in [-0.05, 0) is 32.6 Å². The van der Waals surface area contributed by atoms with Crippen molar-refractivity contribution in [1.29, 1.82) is 0 Å². The number of aryl methyl sites for hydroxylation is 1. The van der Waals surface area contributed by atoms with Gasteiger partial charge < -0.3 is 14.7 Å². The van der Waals surface area contributed by atoms with E-state index in [1.807, 2.05) is 25.7 Å². The summed E-state index contributed by atoms with van der Waals surface area (Å²) in [4.78, 5) is 22.4. The van der Waals surface area contributed by atoms with E-state index in [0.29, 0.717) is 37.8 Å². The average molecular weight is 293 g/mol. The number of carboxylic acids is 1. The fourth-order valence-corrected chi connectivity index (χ4v) is 2.84. The molecule has 0 radical (unpaired) electrons. The zero-order valence-corrected chi connectivity index (χ0v) is 12.9. The zero-order valence-electron chi connectivity index (χ0n) is 12.9. The number of aromatic nitrogens is 2. The summed E-state index contributed by atoms with van der Waals surface area (Å²) in [6.07, 6.45) is 2.89. The molecule has 1 atom stereocenters. The van der Waals surface area contributed by atoms with Gasteiger partial charge in [-0.3, -0.25) is 0 Å². The molecule has 0 amide bonds. The Balaban J connectivity index is 2.36. The molecule has 1 aromatic heterocycles. The van der Waals surface area contributed by atoms with Crippen molar-refractivity contribution in [3.8, 4) is 5.88 Å².